The lowest BCUT2D eigenvalue weighted by atomic mass is 10.2. The Morgan fingerprint density at radius 1 is 1.42 bits per heavy atom. The number of amides is 2. The van der Waals surface area contributed by atoms with Crippen molar-refractivity contribution >= 4 is 34.1 Å². The average molecular weight is 355 g/mol. The highest BCUT2D eigenvalue weighted by molar-refractivity contribution is 7.14. The molecule has 1 unspecified atom stereocenters. The van der Waals surface area contributed by atoms with Crippen LogP contribution in [0.2, 0.25) is 0 Å². The summed E-state index contributed by atoms with van der Waals surface area (Å²) in [6.45, 7) is 1.65. The third kappa shape index (κ3) is 4.31. The number of anilines is 1. The molecule has 1 aromatic heterocycles. The van der Waals surface area contributed by atoms with Gasteiger partial charge in [-0.1, -0.05) is 0 Å². The van der Waals surface area contributed by atoms with Crippen LogP contribution in [0.15, 0.2) is 11.4 Å². The van der Waals surface area contributed by atoms with Gasteiger partial charge in [-0.2, -0.15) is 0 Å². The van der Waals surface area contributed by atoms with Crippen LogP contribution in [-0.4, -0.2) is 64.3 Å². The van der Waals surface area contributed by atoms with Gasteiger partial charge in [0.1, 0.15) is 11.0 Å². The lowest BCUT2D eigenvalue weighted by molar-refractivity contribution is -0.125. The largest absolute Gasteiger partial charge is 0.465 e. The van der Waals surface area contributed by atoms with Crippen molar-refractivity contribution in [3.63, 3.8) is 0 Å². The first kappa shape index (κ1) is 18.4. The highest BCUT2D eigenvalue weighted by Gasteiger charge is 2.36. The molecule has 0 spiro atoms. The number of hydrogen-bond acceptors (Lipinski definition) is 7. The summed E-state index contributed by atoms with van der Waals surface area (Å²) in [7, 11) is 2.88. The molecule has 0 radical (unpaired) electrons. The molecule has 24 heavy (non-hydrogen) atoms. The molecule has 1 atom stereocenters. The van der Waals surface area contributed by atoms with E-state index in [0.29, 0.717) is 36.7 Å². The number of ether oxygens (including phenoxy) is 2. The predicted octanol–water partition coefficient (Wildman–Crippen LogP) is -0.00780. The molecule has 1 saturated heterocycles. The van der Waals surface area contributed by atoms with Gasteiger partial charge in [-0.15, -0.1) is 11.3 Å². The zero-order valence-corrected chi connectivity index (χ0v) is 14.5. The third-order valence-electron chi connectivity index (χ3n) is 3.60. The molecule has 0 saturated carbocycles. The summed E-state index contributed by atoms with van der Waals surface area (Å²) in [6, 6.07) is 1.06. The highest BCUT2D eigenvalue weighted by atomic mass is 32.1. The number of rotatable bonds is 8. The van der Waals surface area contributed by atoms with E-state index >= 15 is 0 Å². The van der Waals surface area contributed by atoms with E-state index < -0.39 is 12.0 Å². The third-order valence-corrected chi connectivity index (χ3v) is 4.54. The van der Waals surface area contributed by atoms with Gasteiger partial charge in [-0.25, -0.2) is 4.79 Å². The minimum Gasteiger partial charge on any atom is -0.465 e. The molecular formula is C15H21N3O5S. The SMILES string of the molecule is COCCNCC(=O)NC1CCN(c2sccc2C(=O)OC)C1=O. The Hall–Kier alpha value is -1.97. The number of nitrogens with zero attached hydrogens (tertiary/aromatic N) is 1. The Morgan fingerprint density at radius 2 is 2.21 bits per heavy atom. The fourth-order valence-corrected chi connectivity index (χ4v) is 3.33. The maximum absolute atomic E-state index is 12.5. The number of hydrogen-bond donors (Lipinski definition) is 2. The minimum absolute atomic E-state index is 0.125. The van der Waals surface area contributed by atoms with Crippen LogP contribution >= 0.6 is 11.3 Å². The van der Waals surface area contributed by atoms with Gasteiger partial charge >= 0.3 is 5.97 Å². The average Bonchev–Trinajstić information content (AvgIpc) is 3.18. The summed E-state index contributed by atoms with van der Waals surface area (Å²) in [6.07, 6.45) is 0.501. The standard InChI is InChI=1S/C15H21N3O5S/c1-22-7-5-16-9-12(19)17-11-3-6-18(13(11)20)14-10(4-8-24-14)15(21)23-2/h4,8,11,16H,3,5-7,9H2,1-2H3,(H,17,19). The summed E-state index contributed by atoms with van der Waals surface area (Å²) in [4.78, 5) is 37.6. The molecule has 0 bridgehead atoms. The van der Waals surface area contributed by atoms with E-state index in [2.05, 4.69) is 10.6 Å². The van der Waals surface area contributed by atoms with Crippen molar-refractivity contribution in [2.24, 2.45) is 0 Å². The molecule has 2 rings (SSSR count). The van der Waals surface area contributed by atoms with Crippen LogP contribution < -0.4 is 15.5 Å². The minimum atomic E-state index is -0.575. The van der Waals surface area contributed by atoms with Crippen LogP contribution in [-0.2, 0) is 19.1 Å². The number of carbonyl (C=O) groups is 3. The van der Waals surface area contributed by atoms with Gasteiger partial charge < -0.3 is 25.0 Å². The molecule has 9 heteroatoms. The van der Waals surface area contributed by atoms with Crippen LogP contribution in [0.4, 0.5) is 5.00 Å². The Balaban J connectivity index is 1.92. The van der Waals surface area contributed by atoms with Crippen LogP contribution in [0.1, 0.15) is 16.8 Å². The van der Waals surface area contributed by atoms with Gasteiger partial charge in [0.25, 0.3) is 0 Å². The van der Waals surface area contributed by atoms with E-state index in [9.17, 15) is 14.4 Å². The quantitative estimate of drug-likeness (QED) is 0.503. The van der Waals surface area contributed by atoms with Crippen LogP contribution in [0, 0.1) is 0 Å². The molecule has 8 nitrogen and oxygen atoms in total. The molecule has 1 aliphatic heterocycles. The van der Waals surface area contributed by atoms with E-state index in [1.54, 1.807) is 18.6 Å². The van der Waals surface area contributed by atoms with Crippen LogP contribution in [0.25, 0.3) is 0 Å². The van der Waals surface area contributed by atoms with E-state index in [1.165, 1.54) is 23.3 Å². The first-order valence-corrected chi connectivity index (χ1v) is 8.42. The maximum Gasteiger partial charge on any atom is 0.340 e. The molecule has 1 aliphatic rings. The van der Waals surface area contributed by atoms with Crippen molar-refractivity contribution in [3.8, 4) is 0 Å². The van der Waals surface area contributed by atoms with Gasteiger partial charge in [0, 0.05) is 20.2 Å². The van der Waals surface area contributed by atoms with Gasteiger partial charge in [-0.3, -0.25) is 9.59 Å². The molecular weight excluding hydrogens is 334 g/mol. The van der Waals surface area contributed by atoms with E-state index in [-0.39, 0.29) is 18.4 Å². The molecule has 2 heterocycles. The van der Waals surface area contributed by atoms with Gasteiger partial charge in [0.2, 0.25) is 11.8 Å². The van der Waals surface area contributed by atoms with Crippen molar-refractivity contribution in [2.75, 3.05) is 45.4 Å². The summed E-state index contributed by atoms with van der Waals surface area (Å²) in [5.74, 6) is -0.938. The molecule has 0 aliphatic carbocycles. The first-order chi connectivity index (χ1) is 11.6. The number of methoxy groups -OCH3 is 2. The zero-order chi connectivity index (χ0) is 17.5. The normalized spacial score (nSPS) is 17.2. The van der Waals surface area contributed by atoms with Gasteiger partial charge in [0.05, 0.1) is 25.8 Å². The monoisotopic (exact) mass is 355 g/mol. The maximum atomic E-state index is 12.5. The molecule has 2 amide bonds. The lowest BCUT2D eigenvalue weighted by Gasteiger charge is -2.17. The fourth-order valence-electron chi connectivity index (χ4n) is 2.41. The van der Waals surface area contributed by atoms with Crippen molar-refractivity contribution in [1.29, 1.82) is 0 Å². The van der Waals surface area contributed by atoms with Crippen molar-refractivity contribution in [2.45, 2.75) is 12.5 Å². The Kier molecular flexibility index (Phi) is 6.71. The number of nitrogens with one attached hydrogen (secondary N) is 2. The Labute approximate surface area is 144 Å². The van der Waals surface area contributed by atoms with Crippen molar-refractivity contribution in [1.82, 2.24) is 10.6 Å². The molecule has 1 fully saturated rings. The first-order valence-electron chi connectivity index (χ1n) is 7.54. The summed E-state index contributed by atoms with van der Waals surface area (Å²) in [5.41, 5.74) is 0.365. The fraction of sp³-hybridized carbons (Fsp3) is 0.533. The predicted molar refractivity (Wildman–Crippen MR) is 89.3 cm³/mol. The van der Waals surface area contributed by atoms with E-state index in [4.69, 9.17) is 9.47 Å². The molecule has 0 aromatic carbocycles. The lowest BCUT2D eigenvalue weighted by Crippen LogP contribution is -2.45. The second-order valence-corrected chi connectivity index (χ2v) is 6.09. The van der Waals surface area contributed by atoms with Gasteiger partial charge in [-0.05, 0) is 17.9 Å². The summed E-state index contributed by atoms with van der Waals surface area (Å²) >= 11 is 1.30. The topological polar surface area (TPSA) is 97.0 Å². The number of esters is 1. The number of carbonyl (C=O) groups excluding carboxylic acids is 3. The summed E-state index contributed by atoms with van der Waals surface area (Å²) in [5, 5.41) is 7.93. The van der Waals surface area contributed by atoms with E-state index in [0.717, 1.165) is 0 Å². The smallest absolute Gasteiger partial charge is 0.340 e. The van der Waals surface area contributed by atoms with Gasteiger partial charge in [0.15, 0.2) is 0 Å². The highest BCUT2D eigenvalue weighted by Crippen LogP contribution is 2.31. The van der Waals surface area contributed by atoms with Crippen molar-refractivity contribution < 1.29 is 23.9 Å². The van der Waals surface area contributed by atoms with Crippen molar-refractivity contribution in [3.05, 3.63) is 17.0 Å². The molecule has 132 valence electrons. The number of thiophene rings is 1. The van der Waals surface area contributed by atoms with Crippen LogP contribution in [0.3, 0.4) is 0 Å². The Bertz CT molecular complexity index is 604. The summed E-state index contributed by atoms with van der Waals surface area (Å²) < 4.78 is 9.60. The second kappa shape index (κ2) is 8.76. The Morgan fingerprint density at radius 3 is 2.92 bits per heavy atom. The van der Waals surface area contributed by atoms with E-state index in [1.807, 2.05) is 0 Å². The zero-order valence-electron chi connectivity index (χ0n) is 13.7. The molecule has 2 N–H and O–H groups in total. The molecule has 1 aromatic rings. The second-order valence-electron chi connectivity index (χ2n) is 5.20. The van der Waals surface area contributed by atoms with Crippen LogP contribution in [0.5, 0.6) is 0 Å².